The van der Waals surface area contributed by atoms with Crippen LogP contribution in [-0.4, -0.2) is 24.7 Å². The Labute approximate surface area is 160 Å². The molecule has 3 rings (SSSR count). The van der Waals surface area contributed by atoms with E-state index in [9.17, 15) is 4.79 Å². The highest BCUT2D eigenvalue weighted by atomic mass is 16.6. The molecule has 1 heterocycles. The number of esters is 1. The van der Waals surface area contributed by atoms with Crippen molar-refractivity contribution >= 4 is 5.97 Å². The summed E-state index contributed by atoms with van der Waals surface area (Å²) in [4.78, 5) is 12.6. The van der Waals surface area contributed by atoms with Gasteiger partial charge in [0, 0.05) is 18.5 Å². The molecule has 2 aliphatic carbocycles. The molecule has 1 N–H and O–H groups in total. The summed E-state index contributed by atoms with van der Waals surface area (Å²) in [5, 5.41) is 3.62. The quantitative estimate of drug-likeness (QED) is 0.506. The summed E-state index contributed by atoms with van der Waals surface area (Å²) in [6, 6.07) is 0.468. The predicted molar refractivity (Wildman–Crippen MR) is 107 cm³/mol. The molecule has 0 aromatic rings. The van der Waals surface area contributed by atoms with Crippen molar-refractivity contribution < 1.29 is 9.53 Å². The number of ether oxygens (including phenoxy) is 1. The summed E-state index contributed by atoms with van der Waals surface area (Å²) in [5.74, 6) is 1.73. The van der Waals surface area contributed by atoms with E-state index in [4.69, 9.17) is 4.74 Å². The molecule has 3 heteroatoms. The largest absolute Gasteiger partial charge is 0.461 e. The summed E-state index contributed by atoms with van der Waals surface area (Å²) in [7, 11) is 0. The molecule has 2 fully saturated rings. The van der Waals surface area contributed by atoms with Crippen molar-refractivity contribution in [3.63, 3.8) is 0 Å². The molecular formula is C23H39NO2. The average Bonchev–Trinajstić information content (AvgIpc) is 2.84. The molecule has 1 saturated carbocycles. The van der Waals surface area contributed by atoms with Crippen LogP contribution in [0.5, 0.6) is 0 Å². The lowest BCUT2D eigenvalue weighted by Gasteiger charge is -2.46. The summed E-state index contributed by atoms with van der Waals surface area (Å²) in [6.45, 7) is 12.3. The number of carbonyl (C=O) groups is 1. The second-order valence-electron chi connectivity index (χ2n) is 9.97. The first-order valence-corrected chi connectivity index (χ1v) is 11.0. The van der Waals surface area contributed by atoms with Crippen molar-refractivity contribution in [3.8, 4) is 0 Å². The number of nitrogens with one attached hydrogen (secondary N) is 1. The Morgan fingerprint density at radius 1 is 1.31 bits per heavy atom. The third-order valence-electron chi connectivity index (χ3n) is 7.19. The number of rotatable bonds is 7. The highest BCUT2D eigenvalue weighted by Crippen LogP contribution is 2.53. The highest BCUT2D eigenvalue weighted by molar-refractivity contribution is 5.76. The zero-order valence-electron chi connectivity index (χ0n) is 17.5. The fourth-order valence-corrected chi connectivity index (χ4v) is 5.54. The Morgan fingerprint density at radius 2 is 2.08 bits per heavy atom. The lowest BCUT2D eigenvalue weighted by molar-refractivity contribution is -0.145. The summed E-state index contributed by atoms with van der Waals surface area (Å²) in [5.41, 5.74) is 1.87. The lowest BCUT2D eigenvalue weighted by Crippen LogP contribution is -2.41. The van der Waals surface area contributed by atoms with Crippen molar-refractivity contribution in [2.75, 3.05) is 6.54 Å². The van der Waals surface area contributed by atoms with Gasteiger partial charge in [-0.3, -0.25) is 4.79 Å². The molecule has 3 aliphatic rings. The van der Waals surface area contributed by atoms with Crippen LogP contribution < -0.4 is 5.32 Å². The van der Waals surface area contributed by atoms with Crippen LogP contribution in [0.2, 0.25) is 0 Å². The second-order valence-corrected chi connectivity index (χ2v) is 9.97. The SMILES string of the molecule is CC(C)CCCC(C)NCC1C(=O)O[C@@H]2C[C@@]3(C)CCC[C@H](C)C3=C[C@H]12. The first-order valence-electron chi connectivity index (χ1n) is 11.0. The van der Waals surface area contributed by atoms with E-state index < -0.39 is 0 Å². The van der Waals surface area contributed by atoms with Gasteiger partial charge in [-0.1, -0.05) is 58.6 Å². The summed E-state index contributed by atoms with van der Waals surface area (Å²) < 4.78 is 5.85. The monoisotopic (exact) mass is 361 g/mol. The Morgan fingerprint density at radius 3 is 2.81 bits per heavy atom. The molecule has 0 bridgehead atoms. The van der Waals surface area contributed by atoms with E-state index in [1.807, 2.05) is 0 Å². The molecule has 0 aromatic carbocycles. The standard InChI is InChI=1S/C23H39NO2/c1-15(2)8-6-10-17(4)24-14-19-18-12-20-16(3)9-7-11-23(20,5)13-21(18)26-22(19)25/h12,15-19,21,24H,6-11,13-14H2,1-5H3/t16-,17?,18+,19?,21+,23+/m0/s1. The van der Waals surface area contributed by atoms with Crippen LogP contribution in [-0.2, 0) is 9.53 Å². The van der Waals surface area contributed by atoms with Crippen LogP contribution in [0, 0.1) is 29.1 Å². The van der Waals surface area contributed by atoms with Crippen molar-refractivity contribution in [2.24, 2.45) is 29.1 Å². The lowest BCUT2D eigenvalue weighted by atomic mass is 9.59. The minimum atomic E-state index is -0.00118. The van der Waals surface area contributed by atoms with Crippen LogP contribution >= 0.6 is 0 Å². The van der Waals surface area contributed by atoms with Crippen molar-refractivity contribution in [2.45, 2.75) is 91.7 Å². The maximum atomic E-state index is 12.6. The van der Waals surface area contributed by atoms with Crippen LogP contribution in [0.15, 0.2) is 11.6 Å². The molecule has 0 radical (unpaired) electrons. The normalized spacial score (nSPS) is 37.8. The molecule has 6 atom stereocenters. The molecule has 3 nitrogen and oxygen atoms in total. The zero-order valence-corrected chi connectivity index (χ0v) is 17.5. The molecule has 1 saturated heterocycles. The molecule has 0 amide bonds. The van der Waals surface area contributed by atoms with Gasteiger partial charge >= 0.3 is 5.97 Å². The van der Waals surface area contributed by atoms with Crippen molar-refractivity contribution in [3.05, 3.63) is 11.6 Å². The van der Waals surface area contributed by atoms with Crippen molar-refractivity contribution in [1.82, 2.24) is 5.32 Å². The fourth-order valence-electron chi connectivity index (χ4n) is 5.54. The Kier molecular flexibility index (Phi) is 6.16. The van der Waals surface area contributed by atoms with E-state index >= 15 is 0 Å². The maximum Gasteiger partial charge on any atom is 0.311 e. The topological polar surface area (TPSA) is 38.3 Å². The Bertz CT molecular complexity index is 540. The van der Waals surface area contributed by atoms with Gasteiger partial charge < -0.3 is 10.1 Å². The average molecular weight is 362 g/mol. The van der Waals surface area contributed by atoms with E-state index in [0.717, 1.165) is 18.9 Å². The van der Waals surface area contributed by atoms with Gasteiger partial charge in [-0.05, 0) is 49.9 Å². The fraction of sp³-hybridized carbons (Fsp3) is 0.870. The van der Waals surface area contributed by atoms with Gasteiger partial charge in [-0.25, -0.2) is 0 Å². The minimum Gasteiger partial charge on any atom is -0.461 e. The molecule has 1 aliphatic heterocycles. The third-order valence-corrected chi connectivity index (χ3v) is 7.19. The van der Waals surface area contributed by atoms with Gasteiger partial charge in [0.15, 0.2) is 0 Å². The Hall–Kier alpha value is -0.830. The maximum absolute atomic E-state index is 12.6. The summed E-state index contributed by atoms with van der Waals surface area (Å²) in [6.07, 6.45) is 11.2. The molecular weight excluding hydrogens is 322 g/mol. The number of carbonyl (C=O) groups excluding carboxylic acids is 1. The first kappa shape index (κ1) is 19.9. The van der Waals surface area contributed by atoms with Crippen LogP contribution in [0.3, 0.4) is 0 Å². The molecule has 0 spiro atoms. The van der Waals surface area contributed by atoms with Crippen molar-refractivity contribution in [1.29, 1.82) is 0 Å². The smallest absolute Gasteiger partial charge is 0.311 e. The van der Waals surface area contributed by atoms with E-state index in [0.29, 0.717) is 12.0 Å². The van der Waals surface area contributed by atoms with Gasteiger partial charge in [0.2, 0.25) is 0 Å². The molecule has 26 heavy (non-hydrogen) atoms. The van der Waals surface area contributed by atoms with Crippen LogP contribution in [0.1, 0.15) is 79.6 Å². The molecule has 148 valence electrons. The van der Waals surface area contributed by atoms with E-state index in [-0.39, 0.29) is 29.3 Å². The Balaban J connectivity index is 1.61. The van der Waals surface area contributed by atoms with Gasteiger partial charge in [-0.15, -0.1) is 0 Å². The van der Waals surface area contributed by atoms with E-state index in [1.54, 1.807) is 5.57 Å². The molecule has 2 unspecified atom stereocenters. The third kappa shape index (κ3) is 4.18. The number of allylic oxidation sites excluding steroid dienone is 1. The van der Waals surface area contributed by atoms with Gasteiger partial charge in [0.1, 0.15) is 6.10 Å². The second kappa shape index (κ2) is 8.04. The van der Waals surface area contributed by atoms with Gasteiger partial charge in [0.05, 0.1) is 5.92 Å². The zero-order chi connectivity index (χ0) is 18.9. The summed E-state index contributed by atoms with van der Waals surface area (Å²) >= 11 is 0. The van der Waals surface area contributed by atoms with Crippen LogP contribution in [0.25, 0.3) is 0 Å². The number of fused-ring (bicyclic) bond motifs is 2. The number of hydrogen-bond donors (Lipinski definition) is 1. The predicted octanol–water partition coefficient (Wildman–Crippen LogP) is 5.11. The van der Waals surface area contributed by atoms with Gasteiger partial charge in [0.25, 0.3) is 0 Å². The first-order chi connectivity index (χ1) is 12.3. The number of hydrogen-bond acceptors (Lipinski definition) is 3. The van der Waals surface area contributed by atoms with Crippen LogP contribution in [0.4, 0.5) is 0 Å². The highest BCUT2D eigenvalue weighted by Gasteiger charge is 2.51. The minimum absolute atomic E-state index is 0.00118. The van der Waals surface area contributed by atoms with E-state index in [1.165, 1.54) is 38.5 Å². The van der Waals surface area contributed by atoms with Gasteiger partial charge in [-0.2, -0.15) is 0 Å². The van der Waals surface area contributed by atoms with E-state index in [2.05, 4.69) is 46.0 Å². The molecule has 0 aromatic heterocycles.